The van der Waals surface area contributed by atoms with Crippen LogP contribution in [0.5, 0.6) is 5.75 Å². The first-order valence-electron chi connectivity index (χ1n) is 11.6. The molecule has 2 aromatic carbocycles. The molecule has 2 N–H and O–H groups in total. The van der Waals surface area contributed by atoms with Gasteiger partial charge in [0, 0.05) is 46.9 Å². The number of ketones is 2. The third kappa shape index (κ3) is 4.14. The number of allylic oxidation sites excluding steroid dienone is 4. The highest BCUT2D eigenvalue weighted by molar-refractivity contribution is 6.06. The number of benzene rings is 2. The summed E-state index contributed by atoms with van der Waals surface area (Å²) in [5, 5.41) is 5.91. The van der Waals surface area contributed by atoms with Gasteiger partial charge in [0.1, 0.15) is 11.6 Å². The van der Waals surface area contributed by atoms with E-state index in [1.54, 1.807) is 24.3 Å². The number of rotatable bonds is 5. The molecule has 1 amide bonds. The number of carbonyl (C=O) groups is 3. The highest BCUT2D eigenvalue weighted by atomic mass is 19.1. The van der Waals surface area contributed by atoms with Crippen LogP contribution in [0.1, 0.15) is 50.0 Å². The van der Waals surface area contributed by atoms with Crippen molar-refractivity contribution in [2.45, 2.75) is 44.4 Å². The molecule has 0 radical (unpaired) electrons. The maximum atomic E-state index is 13.9. The molecule has 1 aliphatic heterocycles. The molecule has 2 aromatic rings. The molecule has 174 valence electrons. The van der Waals surface area contributed by atoms with E-state index in [-0.39, 0.29) is 23.9 Å². The SMILES string of the molecule is O=C(COc1ccccc1C1C2=C(CCCC2=O)NC2=C1C(=O)CCC2)Nc1ccccc1F. The zero-order valence-corrected chi connectivity index (χ0v) is 18.7. The lowest BCUT2D eigenvalue weighted by Crippen LogP contribution is -2.36. The fourth-order valence-electron chi connectivity index (χ4n) is 5.04. The monoisotopic (exact) mass is 460 g/mol. The lowest BCUT2D eigenvalue weighted by atomic mass is 9.71. The molecule has 1 heterocycles. The third-order valence-corrected chi connectivity index (χ3v) is 6.53. The van der Waals surface area contributed by atoms with Crippen molar-refractivity contribution in [2.24, 2.45) is 0 Å². The molecule has 6 nitrogen and oxygen atoms in total. The Balaban J connectivity index is 1.46. The molecule has 0 bridgehead atoms. The molecule has 3 aliphatic rings. The van der Waals surface area contributed by atoms with Gasteiger partial charge in [-0.1, -0.05) is 30.3 Å². The van der Waals surface area contributed by atoms with Gasteiger partial charge in [-0.15, -0.1) is 0 Å². The third-order valence-electron chi connectivity index (χ3n) is 6.53. The van der Waals surface area contributed by atoms with Gasteiger partial charge in [-0.3, -0.25) is 14.4 Å². The van der Waals surface area contributed by atoms with Crippen molar-refractivity contribution in [3.63, 3.8) is 0 Å². The first-order chi connectivity index (χ1) is 16.5. The summed E-state index contributed by atoms with van der Waals surface area (Å²) in [6, 6.07) is 13.1. The van der Waals surface area contributed by atoms with E-state index < -0.39 is 17.6 Å². The van der Waals surface area contributed by atoms with Gasteiger partial charge in [0.2, 0.25) is 0 Å². The van der Waals surface area contributed by atoms with Crippen molar-refractivity contribution in [1.82, 2.24) is 5.32 Å². The van der Waals surface area contributed by atoms with E-state index in [0.717, 1.165) is 37.1 Å². The first kappa shape index (κ1) is 22.1. The van der Waals surface area contributed by atoms with Crippen molar-refractivity contribution < 1.29 is 23.5 Å². The van der Waals surface area contributed by atoms with Crippen LogP contribution >= 0.6 is 0 Å². The van der Waals surface area contributed by atoms with E-state index in [0.29, 0.717) is 35.3 Å². The normalized spacial score (nSPS) is 18.3. The second-order valence-corrected chi connectivity index (χ2v) is 8.75. The lowest BCUT2D eigenvalue weighted by Gasteiger charge is -2.37. The summed E-state index contributed by atoms with van der Waals surface area (Å²) < 4.78 is 19.7. The number of anilines is 1. The lowest BCUT2D eigenvalue weighted by molar-refractivity contribution is -0.119. The zero-order chi connectivity index (χ0) is 23.7. The van der Waals surface area contributed by atoms with Crippen molar-refractivity contribution in [3.8, 4) is 5.75 Å². The van der Waals surface area contributed by atoms with Crippen LogP contribution in [0.25, 0.3) is 0 Å². The highest BCUT2D eigenvalue weighted by Gasteiger charge is 2.41. The maximum absolute atomic E-state index is 13.9. The van der Waals surface area contributed by atoms with Gasteiger partial charge in [0.05, 0.1) is 5.69 Å². The van der Waals surface area contributed by atoms with Gasteiger partial charge < -0.3 is 15.4 Å². The van der Waals surface area contributed by atoms with Crippen LogP contribution in [0.15, 0.2) is 71.1 Å². The molecule has 7 heteroatoms. The molecule has 0 fully saturated rings. The van der Waals surface area contributed by atoms with Crippen LogP contribution in [-0.2, 0) is 14.4 Å². The minimum absolute atomic E-state index is 0.0378. The Morgan fingerprint density at radius 2 is 1.53 bits per heavy atom. The molecule has 2 aliphatic carbocycles. The quantitative estimate of drug-likeness (QED) is 0.684. The van der Waals surface area contributed by atoms with Gasteiger partial charge in [0.25, 0.3) is 5.91 Å². The van der Waals surface area contributed by atoms with Gasteiger partial charge in [-0.25, -0.2) is 4.39 Å². The number of ether oxygens (including phenoxy) is 1. The van der Waals surface area contributed by atoms with E-state index in [1.165, 1.54) is 12.1 Å². The van der Waals surface area contributed by atoms with Gasteiger partial charge in [0.15, 0.2) is 18.2 Å². The van der Waals surface area contributed by atoms with Crippen LogP contribution < -0.4 is 15.4 Å². The minimum atomic E-state index is -0.531. The van der Waals surface area contributed by atoms with Gasteiger partial charge in [-0.05, 0) is 43.9 Å². The predicted octanol–water partition coefficient (Wildman–Crippen LogP) is 4.54. The van der Waals surface area contributed by atoms with E-state index >= 15 is 0 Å². The Labute approximate surface area is 196 Å². The zero-order valence-electron chi connectivity index (χ0n) is 18.7. The number of halogens is 1. The molecular formula is C27H25FN2O4. The Bertz CT molecular complexity index is 1200. The number of hydrogen-bond acceptors (Lipinski definition) is 5. The number of dihydropyridines is 1. The number of carbonyl (C=O) groups excluding carboxylic acids is 3. The van der Waals surface area contributed by atoms with Gasteiger partial charge >= 0.3 is 0 Å². The fourth-order valence-corrected chi connectivity index (χ4v) is 5.04. The summed E-state index contributed by atoms with van der Waals surface area (Å²) in [7, 11) is 0. The van der Waals surface area contributed by atoms with Crippen LogP contribution in [-0.4, -0.2) is 24.1 Å². The predicted molar refractivity (Wildman–Crippen MR) is 125 cm³/mol. The molecule has 0 saturated carbocycles. The summed E-state index contributed by atoms with van der Waals surface area (Å²) in [6.45, 7) is -0.337. The van der Waals surface area contributed by atoms with E-state index in [2.05, 4.69) is 10.6 Å². The Morgan fingerprint density at radius 3 is 2.21 bits per heavy atom. The number of Topliss-reactive ketones (excluding diaryl/α,β-unsaturated/α-hetero) is 2. The van der Waals surface area contributed by atoms with E-state index in [1.807, 2.05) is 12.1 Å². The summed E-state index contributed by atoms with van der Waals surface area (Å²) >= 11 is 0. The second kappa shape index (κ2) is 9.25. The molecule has 0 unspecified atom stereocenters. The van der Waals surface area contributed by atoms with Crippen LogP contribution in [0.4, 0.5) is 10.1 Å². The molecule has 0 atom stereocenters. The molecule has 0 saturated heterocycles. The Kier molecular flexibility index (Phi) is 6.01. The van der Waals surface area contributed by atoms with E-state index in [4.69, 9.17) is 4.74 Å². The van der Waals surface area contributed by atoms with Crippen molar-refractivity contribution >= 4 is 23.2 Å². The van der Waals surface area contributed by atoms with E-state index in [9.17, 15) is 18.8 Å². The van der Waals surface area contributed by atoms with Crippen LogP contribution in [0, 0.1) is 5.82 Å². The summed E-state index contributed by atoms with van der Waals surface area (Å²) in [4.78, 5) is 38.5. The Morgan fingerprint density at radius 1 is 0.912 bits per heavy atom. The average Bonchev–Trinajstić information content (AvgIpc) is 2.83. The topological polar surface area (TPSA) is 84.5 Å². The Hall–Kier alpha value is -3.74. The summed E-state index contributed by atoms with van der Waals surface area (Å²) in [5.74, 6) is -1.05. The van der Waals surface area contributed by atoms with Gasteiger partial charge in [-0.2, -0.15) is 0 Å². The molecule has 0 aromatic heterocycles. The molecule has 0 spiro atoms. The smallest absolute Gasteiger partial charge is 0.262 e. The van der Waals surface area contributed by atoms with Crippen molar-refractivity contribution in [3.05, 3.63) is 82.5 Å². The molecule has 5 rings (SSSR count). The first-order valence-corrected chi connectivity index (χ1v) is 11.6. The fraction of sp³-hybridized carbons (Fsp3) is 0.296. The molecule has 34 heavy (non-hydrogen) atoms. The maximum Gasteiger partial charge on any atom is 0.262 e. The second-order valence-electron chi connectivity index (χ2n) is 8.75. The van der Waals surface area contributed by atoms with Crippen LogP contribution in [0.2, 0.25) is 0 Å². The number of para-hydroxylation sites is 2. The summed E-state index contributed by atoms with van der Waals surface area (Å²) in [5.41, 5.74) is 3.81. The number of nitrogens with one attached hydrogen (secondary N) is 2. The van der Waals surface area contributed by atoms with Crippen molar-refractivity contribution in [2.75, 3.05) is 11.9 Å². The number of amides is 1. The average molecular weight is 461 g/mol. The van der Waals surface area contributed by atoms with Crippen molar-refractivity contribution in [1.29, 1.82) is 0 Å². The summed E-state index contributed by atoms with van der Waals surface area (Å²) in [6.07, 6.45) is 3.97. The minimum Gasteiger partial charge on any atom is -0.483 e. The standard InChI is InChI=1S/C27H25FN2O4/c28-17-8-2-3-9-18(17)30-24(33)15-34-23-14-4-1-7-16(23)25-26-19(10-5-12-21(26)31)29-20-11-6-13-22(32)27(20)25/h1-4,7-9,14,25,29H,5-6,10-13,15H2,(H,30,33). The highest BCUT2D eigenvalue weighted by Crippen LogP contribution is 2.47. The van der Waals surface area contributed by atoms with Crippen LogP contribution in [0.3, 0.4) is 0 Å². The largest absolute Gasteiger partial charge is 0.483 e. The molecular weight excluding hydrogens is 435 g/mol. The number of hydrogen-bond donors (Lipinski definition) is 2.